The summed E-state index contributed by atoms with van der Waals surface area (Å²) in [6.45, 7) is 5.51. The van der Waals surface area contributed by atoms with Crippen molar-refractivity contribution in [3.63, 3.8) is 0 Å². The molecule has 3 N–H and O–H groups in total. The van der Waals surface area contributed by atoms with Crippen LogP contribution in [0.15, 0.2) is 0 Å². The Balaban J connectivity index is 2.31. The van der Waals surface area contributed by atoms with Gasteiger partial charge in [0.25, 0.3) is 0 Å². The maximum absolute atomic E-state index is 11.9. The molecule has 1 aliphatic rings. The minimum absolute atomic E-state index is 0.0379. The maximum Gasteiger partial charge on any atom is 0.303 e. The van der Waals surface area contributed by atoms with E-state index in [1.807, 2.05) is 0 Å². The first-order chi connectivity index (χ1) is 9.93. The minimum Gasteiger partial charge on any atom is -0.481 e. The van der Waals surface area contributed by atoms with E-state index >= 15 is 0 Å². The second kappa shape index (κ2) is 9.03. The molecule has 0 atom stereocenters. The van der Waals surface area contributed by atoms with E-state index in [9.17, 15) is 9.59 Å². The predicted octanol–water partition coefficient (Wildman–Crippen LogP) is 2.31. The molecule has 5 nitrogen and oxygen atoms in total. The van der Waals surface area contributed by atoms with Crippen LogP contribution in [-0.2, 0) is 9.59 Å². The van der Waals surface area contributed by atoms with Crippen molar-refractivity contribution in [2.24, 2.45) is 5.41 Å². The van der Waals surface area contributed by atoms with Gasteiger partial charge in [-0.05, 0) is 31.2 Å². The number of aliphatic carboxylic acids is 1. The quantitative estimate of drug-likeness (QED) is 0.571. The number of amides is 1. The molecule has 1 amide bonds. The number of carbonyl (C=O) groups is 2. The summed E-state index contributed by atoms with van der Waals surface area (Å²) in [7, 11) is 0. The highest BCUT2D eigenvalue weighted by molar-refractivity contribution is 5.76. The summed E-state index contributed by atoms with van der Waals surface area (Å²) in [6.07, 6.45) is 6.63. The van der Waals surface area contributed by atoms with E-state index in [-0.39, 0.29) is 17.7 Å². The minimum atomic E-state index is -0.757. The molecule has 0 aromatic rings. The fourth-order valence-corrected chi connectivity index (χ4v) is 3.05. The van der Waals surface area contributed by atoms with E-state index in [1.54, 1.807) is 0 Å². The van der Waals surface area contributed by atoms with Crippen molar-refractivity contribution < 1.29 is 14.7 Å². The van der Waals surface area contributed by atoms with Crippen molar-refractivity contribution in [1.29, 1.82) is 0 Å². The summed E-state index contributed by atoms with van der Waals surface area (Å²) < 4.78 is 0. The standard InChI is InChI=1S/C16H30N2O3/c1-13(2)17-10-6-7-14(19)18-12-16(11-15(20)21)8-4-3-5-9-16/h13,17H,3-12H2,1-2H3,(H,18,19)(H,20,21). The molecule has 0 unspecified atom stereocenters. The van der Waals surface area contributed by atoms with Crippen LogP contribution in [0.3, 0.4) is 0 Å². The molecular weight excluding hydrogens is 268 g/mol. The Morgan fingerprint density at radius 1 is 1.19 bits per heavy atom. The van der Waals surface area contributed by atoms with Gasteiger partial charge in [0.1, 0.15) is 0 Å². The van der Waals surface area contributed by atoms with Crippen LogP contribution in [0, 0.1) is 5.41 Å². The molecule has 122 valence electrons. The van der Waals surface area contributed by atoms with Gasteiger partial charge in [-0.2, -0.15) is 0 Å². The van der Waals surface area contributed by atoms with Gasteiger partial charge in [0.2, 0.25) is 5.91 Å². The van der Waals surface area contributed by atoms with Gasteiger partial charge < -0.3 is 15.7 Å². The van der Waals surface area contributed by atoms with Crippen molar-refractivity contribution >= 4 is 11.9 Å². The lowest BCUT2D eigenvalue weighted by atomic mass is 9.71. The summed E-state index contributed by atoms with van der Waals surface area (Å²) >= 11 is 0. The van der Waals surface area contributed by atoms with Gasteiger partial charge in [0.15, 0.2) is 0 Å². The van der Waals surface area contributed by atoms with Crippen LogP contribution in [-0.4, -0.2) is 36.1 Å². The first-order valence-electron chi connectivity index (χ1n) is 8.15. The van der Waals surface area contributed by atoms with Crippen LogP contribution >= 0.6 is 0 Å². The van der Waals surface area contributed by atoms with E-state index in [4.69, 9.17) is 5.11 Å². The topological polar surface area (TPSA) is 78.4 Å². The van der Waals surface area contributed by atoms with Crippen LogP contribution < -0.4 is 10.6 Å². The zero-order valence-corrected chi connectivity index (χ0v) is 13.4. The lowest BCUT2D eigenvalue weighted by Gasteiger charge is -2.36. The molecule has 0 aromatic carbocycles. The summed E-state index contributed by atoms with van der Waals surface area (Å²) in [5.74, 6) is -0.719. The van der Waals surface area contributed by atoms with Crippen LogP contribution in [0.25, 0.3) is 0 Å². The van der Waals surface area contributed by atoms with Gasteiger partial charge in [-0.25, -0.2) is 0 Å². The van der Waals surface area contributed by atoms with Crippen molar-refractivity contribution in [3.8, 4) is 0 Å². The molecule has 1 aliphatic carbocycles. The average molecular weight is 298 g/mol. The second-order valence-corrected chi connectivity index (χ2v) is 6.62. The fraction of sp³-hybridized carbons (Fsp3) is 0.875. The Labute approximate surface area is 127 Å². The first-order valence-corrected chi connectivity index (χ1v) is 8.15. The van der Waals surface area contributed by atoms with Crippen LogP contribution in [0.2, 0.25) is 0 Å². The molecule has 1 fully saturated rings. The number of rotatable bonds is 9. The molecule has 0 aromatic heterocycles. The van der Waals surface area contributed by atoms with Gasteiger partial charge in [-0.1, -0.05) is 33.1 Å². The molecule has 0 bridgehead atoms. The van der Waals surface area contributed by atoms with Crippen molar-refractivity contribution in [3.05, 3.63) is 0 Å². The third-order valence-corrected chi connectivity index (χ3v) is 4.23. The third kappa shape index (κ3) is 7.46. The van der Waals surface area contributed by atoms with Gasteiger partial charge in [-0.3, -0.25) is 9.59 Å². The largest absolute Gasteiger partial charge is 0.481 e. The monoisotopic (exact) mass is 298 g/mol. The first kappa shape index (κ1) is 18.0. The molecule has 0 saturated heterocycles. The molecule has 0 radical (unpaired) electrons. The summed E-state index contributed by atoms with van der Waals surface area (Å²) in [5, 5.41) is 15.3. The molecule has 21 heavy (non-hydrogen) atoms. The number of carboxylic acids is 1. The normalized spacial score (nSPS) is 17.7. The molecule has 1 rings (SSSR count). The van der Waals surface area contributed by atoms with E-state index in [1.165, 1.54) is 6.42 Å². The van der Waals surface area contributed by atoms with E-state index < -0.39 is 5.97 Å². The van der Waals surface area contributed by atoms with Gasteiger partial charge in [0.05, 0.1) is 6.42 Å². The molecular formula is C16H30N2O3. The summed E-state index contributed by atoms with van der Waals surface area (Å²) in [5.41, 5.74) is -0.226. The van der Waals surface area contributed by atoms with Gasteiger partial charge in [-0.15, -0.1) is 0 Å². The van der Waals surface area contributed by atoms with E-state index in [0.717, 1.165) is 38.6 Å². The second-order valence-electron chi connectivity index (χ2n) is 6.62. The SMILES string of the molecule is CC(C)NCCCC(=O)NCC1(CC(=O)O)CCCCC1. The molecule has 1 saturated carbocycles. The van der Waals surface area contributed by atoms with Crippen molar-refractivity contribution in [2.45, 2.75) is 71.3 Å². The Kier molecular flexibility index (Phi) is 7.72. The van der Waals surface area contributed by atoms with E-state index in [2.05, 4.69) is 24.5 Å². The Hall–Kier alpha value is -1.10. The lowest BCUT2D eigenvalue weighted by molar-refractivity contribution is -0.140. The zero-order chi connectivity index (χ0) is 15.7. The van der Waals surface area contributed by atoms with Crippen molar-refractivity contribution in [1.82, 2.24) is 10.6 Å². The zero-order valence-electron chi connectivity index (χ0n) is 13.4. The summed E-state index contributed by atoms with van der Waals surface area (Å²) in [4.78, 5) is 22.9. The lowest BCUT2D eigenvalue weighted by Crippen LogP contribution is -2.40. The van der Waals surface area contributed by atoms with Crippen molar-refractivity contribution in [2.75, 3.05) is 13.1 Å². The smallest absolute Gasteiger partial charge is 0.303 e. The number of hydrogen-bond acceptors (Lipinski definition) is 3. The average Bonchev–Trinajstić information content (AvgIpc) is 2.41. The van der Waals surface area contributed by atoms with Crippen LogP contribution in [0.1, 0.15) is 65.2 Å². The summed E-state index contributed by atoms with van der Waals surface area (Å²) in [6, 6.07) is 0.439. The maximum atomic E-state index is 11.9. The third-order valence-electron chi connectivity index (χ3n) is 4.23. The number of carboxylic acid groups (broad SMARTS) is 1. The van der Waals surface area contributed by atoms with Gasteiger partial charge >= 0.3 is 5.97 Å². The van der Waals surface area contributed by atoms with E-state index in [0.29, 0.717) is 19.0 Å². The molecule has 0 heterocycles. The highest BCUT2D eigenvalue weighted by atomic mass is 16.4. The highest BCUT2D eigenvalue weighted by Crippen LogP contribution is 2.38. The Morgan fingerprint density at radius 3 is 2.43 bits per heavy atom. The Morgan fingerprint density at radius 2 is 1.86 bits per heavy atom. The number of hydrogen-bond donors (Lipinski definition) is 3. The van der Waals surface area contributed by atoms with Crippen LogP contribution in [0.4, 0.5) is 0 Å². The number of carbonyl (C=O) groups excluding carboxylic acids is 1. The van der Waals surface area contributed by atoms with Crippen LogP contribution in [0.5, 0.6) is 0 Å². The highest BCUT2D eigenvalue weighted by Gasteiger charge is 2.34. The predicted molar refractivity (Wildman–Crippen MR) is 83.2 cm³/mol. The molecule has 5 heteroatoms. The Bertz CT molecular complexity index is 336. The molecule has 0 spiro atoms. The van der Waals surface area contributed by atoms with Gasteiger partial charge in [0, 0.05) is 19.0 Å². The number of nitrogens with one attached hydrogen (secondary N) is 2. The molecule has 0 aliphatic heterocycles. The fourth-order valence-electron chi connectivity index (χ4n) is 3.05.